The molecule has 1 fully saturated rings. The Morgan fingerprint density at radius 3 is 3.12 bits per heavy atom. The van der Waals surface area contributed by atoms with Gasteiger partial charge in [-0.15, -0.1) is 10.2 Å². The number of rotatable bonds is 7. The van der Waals surface area contributed by atoms with E-state index in [1.165, 1.54) is 23.1 Å². The van der Waals surface area contributed by atoms with Crippen LogP contribution in [0.25, 0.3) is 0 Å². The van der Waals surface area contributed by atoms with Gasteiger partial charge in [0.05, 0.1) is 11.9 Å². The van der Waals surface area contributed by atoms with Gasteiger partial charge in [0, 0.05) is 23.9 Å². The van der Waals surface area contributed by atoms with E-state index in [1.807, 2.05) is 25.1 Å². The minimum atomic E-state index is -0.0180. The number of thioether (sulfide) groups is 1. The highest BCUT2D eigenvalue weighted by molar-refractivity contribution is 8.01. The molecule has 0 bridgehead atoms. The Morgan fingerprint density at radius 2 is 2.36 bits per heavy atom. The molecular weight excluding hydrogens is 380 g/mol. The van der Waals surface area contributed by atoms with Crippen molar-refractivity contribution in [3.8, 4) is 0 Å². The van der Waals surface area contributed by atoms with Crippen LogP contribution in [-0.2, 0) is 9.53 Å². The zero-order chi connectivity index (χ0) is 17.6. The van der Waals surface area contributed by atoms with Crippen molar-refractivity contribution in [1.29, 1.82) is 0 Å². The second kappa shape index (κ2) is 8.84. The second-order valence-corrected chi connectivity index (χ2v) is 8.30. The van der Waals surface area contributed by atoms with Gasteiger partial charge in [0.2, 0.25) is 11.0 Å². The first-order valence-electron chi connectivity index (χ1n) is 7.98. The van der Waals surface area contributed by atoms with Crippen LogP contribution in [0.4, 0.5) is 10.8 Å². The molecule has 1 aromatic heterocycles. The highest BCUT2D eigenvalue weighted by Gasteiger charge is 2.16. The summed E-state index contributed by atoms with van der Waals surface area (Å²) in [7, 11) is 0. The van der Waals surface area contributed by atoms with Gasteiger partial charge >= 0.3 is 0 Å². The topological polar surface area (TPSA) is 76.1 Å². The molecule has 1 aliphatic heterocycles. The summed E-state index contributed by atoms with van der Waals surface area (Å²) < 4.78 is 6.23. The minimum Gasteiger partial charge on any atom is -0.376 e. The number of ether oxygens (including phenoxy) is 1. The number of anilines is 2. The molecule has 0 radical (unpaired) electrons. The first kappa shape index (κ1) is 18.4. The monoisotopic (exact) mass is 398 g/mol. The summed E-state index contributed by atoms with van der Waals surface area (Å²) >= 11 is 8.90. The number of aromatic nitrogens is 2. The molecule has 6 nitrogen and oxygen atoms in total. The van der Waals surface area contributed by atoms with Crippen molar-refractivity contribution in [3.63, 3.8) is 0 Å². The lowest BCUT2D eigenvalue weighted by atomic mass is 10.2. The number of nitrogens with zero attached hydrogens (tertiary/aromatic N) is 2. The first-order chi connectivity index (χ1) is 12.1. The lowest BCUT2D eigenvalue weighted by molar-refractivity contribution is -0.119. The third-order valence-corrected chi connectivity index (χ3v) is 6.09. The fourth-order valence-corrected chi connectivity index (χ4v) is 4.11. The summed E-state index contributed by atoms with van der Waals surface area (Å²) in [5.41, 5.74) is 1.88. The highest BCUT2D eigenvalue weighted by Crippen LogP contribution is 2.29. The number of amides is 1. The van der Waals surface area contributed by atoms with E-state index in [0.717, 1.165) is 35.0 Å². The number of carbonyl (C=O) groups is 1. The summed E-state index contributed by atoms with van der Waals surface area (Å²) in [5.74, 6) is 0.299. The van der Waals surface area contributed by atoms with E-state index in [4.69, 9.17) is 16.3 Å². The van der Waals surface area contributed by atoms with Gasteiger partial charge in [0.15, 0.2) is 4.34 Å². The van der Waals surface area contributed by atoms with Crippen LogP contribution in [0.1, 0.15) is 18.4 Å². The van der Waals surface area contributed by atoms with E-state index >= 15 is 0 Å². The summed E-state index contributed by atoms with van der Waals surface area (Å²) in [4.78, 5) is 11.9. The highest BCUT2D eigenvalue weighted by atomic mass is 35.5. The fraction of sp³-hybridized carbons (Fsp3) is 0.438. The van der Waals surface area contributed by atoms with Crippen LogP contribution < -0.4 is 10.6 Å². The normalized spacial score (nSPS) is 16.8. The molecule has 0 saturated carbocycles. The molecule has 0 aliphatic carbocycles. The number of hydrogen-bond acceptors (Lipinski definition) is 7. The van der Waals surface area contributed by atoms with Crippen molar-refractivity contribution in [3.05, 3.63) is 28.8 Å². The Morgan fingerprint density at radius 1 is 1.48 bits per heavy atom. The molecule has 1 atom stereocenters. The molecule has 2 N–H and O–H groups in total. The number of halogens is 1. The summed E-state index contributed by atoms with van der Waals surface area (Å²) in [6.45, 7) is 3.33. The van der Waals surface area contributed by atoms with Crippen LogP contribution in [-0.4, -0.2) is 41.1 Å². The average Bonchev–Trinajstić information content (AvgIpc) is 3.26. The zero-order valence-corrected chi connectivity index (χ0v) is 16.1. The van der Waals surface area contributed by atoms with Crippen molar-refractivity contribution >= 4 is 51.4 Å². The third kappa shape index (κ3) is 5.57. The quantitative estimate of drug-likeness (QED) is 0.693. The fourth-order valence-electron chi connectivity index (χ4n) is 2.32. The van der Waals surface area contributed by atoms with Gasteiger partial charge < -0.3 is 15.4 Å². The number of benzene rings is 1. The molecule has 25 heavy (non-hydrogen) atoms. The van der Waals surface area contributed by atoms with Crippen molar-refractivity contribution in [2.75, 3.05) is 24.2 Å². The van der Waals surface area contributed by atoms with E-state index in [1.54, 1.807) is 0 Å². The molecule has 134 valence electrons. The van der Waals surface area contributed by atoms with Gasteiger partial charge in [0.1, 0.15) is 0 Å². The number of aryl methyl sites for hydroxylation is 1. The molecule has 1 amide bonds. The van der Waals surface area contributed by atoms with Crippen molar-refractivity contribution in [2.45, 2.75) is 30.2 Å². The summed E-state index contributed by atoms with van der Waals surface area (Å²) in [6, 6.07) is 5.73. The largest absolute Gasteiger partial charge is 0.376 e. The maximum absolute atomic E-state index is 11.9. The lowest BCUT2D eigenvalue weighted by Crippen LogP contribution is -2.32. The Hall–Kier alpha value is -1.35. The maximum Gasteiger partial charge on any atom is 0.230 e. The Balaban J connectivity index is 1.44. The van der Waals surface area contributed by atoms with Crippen molar-refractivity contribution < 1.29 is 9.53 Å². The van der Waals surface area contributed by atoms with E-state index in [-0.39, 0.29) is 12.0 Å². The SMILES string of the molecule is Cc1ccc(Nc2nnc(SCC(=O)NCC3CCCO3)s2)cc1Cl. The second-order valence-electron chi connectivity index (χ2n) is 5.69. The van der Waals surface area contributed by atoms with Gasteiger partial charge in [-0.05, 0) is 37.5 Å². The molecule has 3 rings (SSSR count). The molecule has 0 spiro atoms. The smallest absolute Gasteiger partial charge is 0.230 e. The van der Waals surface area contributed by atoms with Crippen LogP contribution >= 0.6 is 34.7 Å². The predicted molar refractivity (Wildman–Crippen MR) is 102 cm³/mol. The van der Waals surface area contributed by atoms with E-state index in [9.17, 15) is 4.79 Å². The molecule has 2 aromatic rings. The molecule has 1 saturated heterocycles. The van der Waals surface area contributed by atoms with Gasteiger partial charge in [-0.2, -0.15) is 0 Å². The van der Waals surface area contributed by atoms with Gasteiger partial charge in [0.25, 0.3) is 0 Å². The van der Waals surface area contributed by atoms with Crippen molar-refractivity contribution in [1.82, 2.24) is 15.5 Å². The van der Waals surface area contributed by atoms with Crippen LogP contribution in [0.5, 0.6) is 0 Å². The molecule has 2 heterocycles. The van der Waals surface area contributed by atoms with E-state index in [2.05, 4.69) is 20.8 Å². The summed E-state index contributed by atoms with van der Waals surface area (Å²) in [5, 5.41) is 15.6. The Bertz CT molecular complexity index is 735. The minimum absolute atomic E-state index is 0.0180. The van der Waals surface area contributed by atoms with Gasteiger partial charge in [-0.1, -0.05) is 40.8 Å². The number of nitrogens with one attached hydrogen (secondary N) is 2. The van der Waals surface area contributed by atoms with Crippen molar-refractivity contribution in [2.24, 2.45) is 0 Å². The van der Waals surface area contributed by atoms with Crippen LogP contribution in [0.15, 0.2) is 22.5 Å². The van der Waals surface area contributed by atoms with Gasteiger partial charge in [-0.25, -0.2) is 0 Å². The van der Waals surface area contributed by atoms with Crippen LogP contribution in [0.2, 0.25) is 5.02 Å². The molecule has 1 aliphatic rings. The maximum atomic E-state index is 11.9. The van der Waals surface area contributed by atoms with E-state index < -0.39 is 0 Å². The summed E-state index contributed by atoms with van der Waals surface area (Å²) in [6.07, 6.45) is 2.25. The van der Waals surface area contributed by atoms with E-state index in [0.29, 0.717) is 22.5 Å². The lowest BCUT2D eigenvalue weighted by Gasteiger charge is -2.09. The zero-order valence-electron chi connectivity index (χ0n) is 13.8. The Labute approximate surface area is 159 Å². The predicted octanol–water partition coefficient (Wildman–Crippen LogP) is 3.63. The molecule has 1 unspecified atom stereocenters. The first-order valence-corrected chi connectivity index (χ1v) is 10.2. The number of hydrogen-bond donors (Lipinski definition) is 2. The number of carbonyl (C=O) groups excluding carboxylic acids is 1. The average molecular weight is 399 g/mol. The third-order valence-electron chi connectivity index (χ3n) is 3.71. The van der Waals surface area contributed by atoms with Crippen LogP contribution in [0.3, 0.4) is 0 Å². The molecule has 1 aromatic carbocycles. The molecule has 9 heteroatoms. The standard InChI is InChI=1S/C16H19ClN4O2S2/c1-10-4-5-11(7-13(10)17)19-15-20-21-16(25-15)24-9-14(22)18-8-12-3-2-6-23-12/h4-5,7,12H,2-3,6,8-9H2,1H3,(H,18,22)(H,19,20). The Kier molecular flexibility index (Phi) is 6.52. The van der Waals surface area contributed by atoms with Crippen LogP contribution in [0, 0.1) is 6.92 Å². The molecular formula is C16H19ClN4O2S2. The van der Waals surface area contributed by atoms with Gasteiger partial charge in [-0.3, -0.25) is 4.79 Å².